The summed E-state index contributed by atoms with van der Waals surface area (Å²) in [6.45, 7) is 4.31. The Labute approximate surface area is 86.1 Å². The summed E-state index contributed by atoms with van der Waals surface area (Å²) in [5.41, 5.74) is 0.683. The average molecular weight is 210 g/mol. The van der Waals surface area contributed by atoms with Gasteiger partial charge in [0.05, 0.1) is 11.3 Å². The predicted octanol–water partition coefficient (Wildman–Crippen LogP) is 3.75. The fourth-order valence-electron chi connectivity index (χ4n) is 1.36. The Balaban J connectivity index is 2.59. The lowest BCUT2D eigenvalue weighted by atomic mass is 10.2. The van der Waals surface area contributed by atoms with Crippen molar-refractivity contribution in [3.05, 3.63) is 29.6 Å². The summed E-state index contributed by atoms with van der Waals surface area (Å²) in [5.74, 6) is -0.126. The van der Waals surface area contributed by atoms with Crippen LogP contribution in [0, 0.1) is 12.7 Å². The van der Waals surface area contributed by atoms with E-state index in [0.29, 0.717) is 16.9 Å². The topological polar surface area (TPSA) is 9.23 Å². The SMILES string of the molecule is CCOc1cc2ccc(C)c(F)c2s1. The molecular formula is C11H11FOS. The number of fused-ring (bicyclic) bond motifs is 1. The summed E-state index contributed by atoms with van der Waals surface area (Å²) in [4.78, 5) is 0. The fourth-order valence-corrected chi connectivity index (χ4v) is 2.42. The Morgan fingerprint density at radius 1 is 1.43 bits per heavy atom. The number of hydrogen-bond donors (Lipinski definition) is 0. The lowest BCUT2D eigenvalue weighted by molar-refractivity contribution is 0.350. The molecule has 0 saturated carbocycles. The summed E-state index contributed by atoms with van der Waals surface area (Å²) in [7, 11) is 0. The van der Waals surface area contributed by atoms with Crippen LogP contribution >= 0.6 is 11.3 Å². The number of aryl methyl sites for hydroxylation is 1. The van der Waals surface area contributed by atoms with Gasteiger partial charge >= 0.3 is 0 Å². The first-order valence-electron chi connectivity index (χ1n) is 4.54. The lowest BCUT2D eigenvalue weighted by Gasteiger charge is -1.95. The minimum Gasteiger partial charge on any atom is -0.484 e. The van der Waals surface area contributed by atoms with Gasteiger partial charge in [-0.15, -0.1) is 0 Å². The molecule has 74 valence electrons. The number of benzene rings is 1. The molecule has 1 aromatic heterocycles. The van der Waals surface area contributed by atoms with Gasteiger partial charge < -0.3 is 4.74 Å². The van der Waals surface area contributed by atoms with E-state index in [2.05, 4.69) is 0 Å². The standard InChI is InChI=1S/C11H11FOS/c1-3-13-9-6-8-5-4-7(2)10(12)11(8)14-9/h4-6H,3H2,1-2H3. The van der Waals surface area contributed by atoms with Crippen LogP contribution in [0.2, 0.25) is 0 Å². The van der Waals surface area contributed by atoms with E-state index in [9.17, 15) is 4.39 Å². The smallest absolute Gasteiger partial charge is 0.175 e. The number of hydrogen-bond acceptors (Lipinski definition) is 2. The van der Waals surface area contributed by atoms with Crippen LogP contribution in [0.1, 0.15) is 12.5 Å². The Morgan fingerprint density at radius 2 is 2.21 bits per heavy atom. The second-order valence-electron chi connectivity index (χ2n) is 3.11. The third-order valence-electron chi connectivity index (χ3n) is 2.08. The summed E-state index contributed by atoms with van der Waals surface area (Å²) >= 11 is 1.37. The molecule has 0 bridgehead atoms. The lowest BCUT2D eigenvalue weighted by Crippen LogP contribution is -1.86. The van der Waals surface area contributed by atoms with Crippen LogP contribution in [0.15, 0.2) is 18.2 Å². The van der Waals surface area contributed by atoms with Crippen LogP contribution in [0.5, 0.6) is 5.06 Å². The molecule has 0 amide bonds. The second kappa shape index (κ2) is 3.58. The third-order valence-corrected chi connectivity index (χ3v) is 3.14. The Bertz CT molecular complexity index is 462. The van der Waals surface area contributed by atoms with Gasteiger partial charge in [0.25, 0.3) is 0 Å². The molecular weight excluding hydrogens is 199 g/mol. The Morgan fingerprint density at radius 3 is 2.93 bits per heavy atom. The first-order valence-corrected chi connectivity index (χ1v) is 5.35. The maximum absolute atomic E-state index is 13.6. The quantitative estimate of drug-likeness (QED) is 0.733. The van der Waals surface area contributed by atoms with Crippen LogP contribution in [0.4, 0.5) is 4.39 Å². The van der Waals surface area contributed by atoms with Gasteiger partial charge in [0.15, 0.2) is 5.06 Å². The molecule has 0 unspecified atom stereocenters. The molecule has 0 spiro atoms. The Hall–Kier alpha value is -1.09. The fraction of sp³-hybridized carbons (Fsp3) is 0.273. The number of thiophene rings is 1. The molecule has 0 radical (unpaired) electrons. The van der Waals surface area contributed by atoms with E-state index in [1.807, 2.05) is 19.1 Å². The number of halogens is 1. The van der Waals surface area contributed by atoms with Crippen molar-refractivity contribution < 1.29 is 9.13 Å². The van der Waals surface area contributed by atoms with Gasteiger partial charge in [0.2, 0.25) is 0 Å². The minimum atomic E-state index is -0.126. The zero-order valence-corrected chi connectivity index (χ0v) is 8.95. The Kier molecular flexibility index (Phi) is 2.42. The van der Waals surface area contributed by atoms with Crippen LogP contribution < -0.4 is 4.74 Å². The van der Waals surface area contributed by atoms with E-state index < -0.39 is 0 Å². The summed E-state index contributed by atoms with van der Waals surface area (Å²) < 4.78 is 19.6. The van der Waals surface area contributed by atoms with Crippen molar-refractivity contribution in [3.8, 4) is 5.06 Å². The minimum absolute atomic E-state index is 0.126. The molecule has 0 fully saturated rings. The van der Waals surface area contributed by atoms with Crippen LogP contribution in [-0.2, 0) is 0 Å². The van der Waals surface area contributed by atoms with Crippen LogP contribution in [0.3, 0.4) is 0 Å². The van der Waals surface area contributed by atoms with Gasteiger partial charge in [0, 0.05) is 0 Å². The molecule has 0 aliphatic heterocycles. The van der Waals surface area contributed by atoms with Gasteiger partial charge in [0.1, 0.15) is 5.82 Å². The van der Waals surface area contributed by atoms with Crippen molar-refractivity contribution in [3.63, 3.8) is 0 Å². The van der Waals surface area contributed by atoms with Gasteiger partial charge in [-0.25, -0.2) is 4.39 Å². The predicted molar refractivity (Wildman–Crippen MR) is 57.7 cm³/mol. The van der Waals surface area contributed by atoms with Crippen molar-refractivity contribution in [2.24, 2.45) is 0 Å². The number of rotatable bonds is 2. The third kappa shape index (κ3) is 1.48. The highest BCUT2D eigenvalue weighted by molar-refractivity contribution is 7.20. The summed E-state index contributed by atoms with van der Waals surface area (Å²) in [6.07, 6.45) is 0. The first-order chi connectivity index (χ1) is 6.72. The molecule has 0 saturated heterocycles. The van der Waals surface area contributed by atoms with Gasteiger partial charge in [-0.05, 0) is 30.9 Å². The molecule has 3 heteroatoms. The first kappa shape index (κ1) is 9.46. The van der Waals surface area contributed by atoms with E-state index >= 15 is 0 Å². The number of ether oxygens (including phenoxy) is 1. The van der Waals surface area contributed by atoms with Gasteiger partial charge in [-0.3, -0.25) is 0 Å². The van der Waals surface area contributed by atoms with E-state index in [4.69, 9.17) is 4.74 Å². The summed E-state index contributed by atoms with van der Waals surface area (Å²) in [5, 5.41) is 1.70. The highest BCUT2D eigenvalue weighted by atomic mass is 32.1. The van der Waals surface area contributed by atoms with E-state index in [1.165, 1.54) is 11.3 Å². The molecule has 0 aliphatic carbocycles. The zero-order valence-electron chi connectivity index (χ0n) is 8.13. The molecule has 0 aliphatic rings. The monoisotopic (exact) mass is 210 g/mol. The molecule has 1 heterocycles. The average Bonchev–Trinajstić information content (AvgIpc) is 2.56. The maximum atomic E-state index is 13.6. The largest absolute Gasteiger partial charge is 0.484 e. The molecule has 2 aromatic rings. The molecule has 0 atom stereocenters. The maximum Gasteiger partial charge on any atom is 0.175 e. The molecule has 1 aromatic carbocycles. The van der Waals surface area contributed by atoms with Crippen LogP contribution in [0.25, 0.3) is 10.1 Å². The van der Waals surface area contributed by atoms with Crippen molar-refractivity contribution in [1.82, 2.24) is 0 Å². The van der Waals surface area contributed by atoms with Crippen LogP contribution in [-0.4, -0.2) is 6.61 Å². The second-order valence-corrected chi connectivity index (χ2v) is 4.13. The molecule has 14 heavy (non-hydrogen) atoms. The van der Waals surface area contributed by atoms with Gasteiger partial charge in [-0.2, -0.15) is 0 Å². The van der Waals surface area contributed by atoms with E-state index in [0.717, 1.165) is 10.4 Å². The molecule has 2 rings (SSSR count). The van der Waals surface area contributed by atoms with Crippen molar-refractivity contribution >= 4 is 21.4 Å². The normalized spacial score (nSPS) is 10.8. The summed E-state index contributed by atoms with van der Waals surface area (Å²) in [6, 6.07) is 5.60. The van der Waals surface area contributed by atoms with Gasteiger partial charge in [-0.1, -0.05) is 23.5 Å². The van der Waals surface area contributed by atoms with E-state index in [-0.39, 0.29) is 5.82 Å². The zero-order chi connectivity index (χ0) is 10.1. The van der Waals surface area contributed by atoms with Crippen molar-refractivity contribution in [1.29, 1.82) is 0 Å². The van der Waals surface area contributed by atoms with E-state index in [1.54, 1.807) is 13.0 Å². The van der Waals surface area contributed by atoms with Crippen molar-refractivity contribution in [2.75, 3.05) is 6.61 Å². The molecule has 0 N–H and O–H groups in total. The highest BCUT2D eigenvalue weighted by Gasteiger charge is 2.08. The molecule has 1 nitrogen and oxygen atoms in total. The highest BCUT2D eigenvalue weighted by Crippen LogP contribution is 2.34. The van der Waals surface area contributed by atoms with Crippen molar-refractivity contribution in [2.45, 2.75) is 13.8 Å².